The fraction of sp³-hybridized carbons (Fsp3) is 0.226. The van der Waals surface area contributed by atoms with E-state index in [0.29, 0.717) is 11.3 Å². The van der Waals surface area contributed by atoms with E-state index < -0.39 is 0 Å². The van der Waals surface area contributed by atoms with Crippen LogP contribution in [0.15, 0.2) is 66.0 Å². The average molecular weight is 506 g/mol. The second-order valence-electron chi connectivity index (χ2n) is 9.56. The van der Waals surface area contributed by atoms with E-state index in [0.717, 1.165) is 22.6 Å². The molecule has 0 aliphatic rings. The molecule has 5 rings (SSSR count). The van der Waals surface area contributed by atoms with Gasteiger partial charge in [-0.15, -0.1) is 11.8 Å². The molecule has 0 aliphatic carbocycles. The highest BCUT2D eigenvalue weighted by atomic mass is 32.2. The monoisotopic (exact) mass is 505 g/mol. The van der Waals surface area contributed by atoms with Gasteiger partial charge in [0.05, 0.1) is 17.6 Å². The van der Waals surface area contributed by atoms with Gasteiger partial charge in [-0.05, 0) is 118 Å². The van der Waals surface area contributed by atoms with Crippen LogP contribution in [-0.4, -0.2) is 26.2 Å². The van der Waals surface area contributed by atoms with E-state index in [2.05, 4.69) is 110 Å². The lowest BCUT2D eigenvalue weighted by Gasteiger charge is -2.32. The SMILES string of the molecule is CSc1ccc(N(c2cc(C)cc(C)c2)c2c(C)c(C)c(-c3cnc4nccnc4n3)c(C)c2C)cc1. The number of fused-ring (bicyclic) bond motifs is 1. The predicted octanol–water partition coefficient (Wildman–Crippen LogP) is 8.13. The molecule has 37 heavy (non-hydrogen) atoms. The van der Waals surface area contributed by atoms with Gasteiger partial charge in [-0.3, -0.25) is 0 Å². The molecule has 5 nitrogen and oxygen atoms in total. The summed E-state index contributed by atoms with van der Waals surface area (Å²) in [5.74, 6) is 0. The standard InChI is InChI=1S/C31H31N5S/c1-18-14-19(2)16-25(15-18)36(24-8-10-26(37-7)11-9-24)29-22(5)20(3)28(21(4)23(29)6)27-17-34-30-31(35-27)33-13-12-32-30/h8-17H,1-7H3. The minimum atomic E-state index is 0.557. The van der Waals surface area contributed by atoms with Crippen LogP contribution in [-0.2, 0) is 0 Å². The number of rotatable bonds is 5. The van der Waals surface area contributed by atoms with Gasteiger partial charge in [0, 0.05) is 34.2 Å². The van der Waals surface area contributed by atoms with Crippen molar-refractivity contribution in [3.63, 3.8) is 0 Å². The Bertz CT molecular complexity index is 1580. The number of hydrogen-bond acceptors (Lipinski definition) is 6. The number of thioether (sulfide) groups is 1. The Hall–Kier alpha value is -3.77. The maximum atomic E-state index is 4.83. The Balaban J connectivity index is 1.76. The molecule has 2 heterocycles. The van der Waals surface area contributed by atoms with Gasteiger partial charge in [-0.2, -0.15) is 0 Å². The summed E-state index contributed by atoms with van der Waals surface area (Å²) in [6.07, 6.45) is 7.22. The van der Waals surface area contributed by atoms with Gasteiger partial charge in [-0.1, -0.05) is 6.07 Å². The van der Waals surface area contributed by atoms with Crippen molar-refractivity contribution in [3.8, 4) is 11.3 Å². The Morgan fingerprint density at radius 1 is 0.649 bits per heavy atom. The van der Waals surface area contributed by atoms with Crippen molar-refractivity contribution in [3.05, 3.63) is 94.4 Å². The van der Waals surface area contributed by atoms with Crippen molar-refractivity contribution in [1.29, 1.82) is 0 Å². The topological polar surface area (TPSA) is 54.8 Å². The molecule has 0 aliphatic heterocycles. The summed E-state index contributed by atoms with van der Waals surface area (Å²) in [5, 5.41) is 0. The average Bonchev–Trinajstić information content (AvgIpc) is 2.89. The predicted molar refractivity (Wildman–Crippen MR) is 155 cm³/mol. The Labute approximate surface area is 223 Å². The number of aryl methyl sites for hydroxylation is 2. The van der Waals surface area contributed by atoms with Crippen LogP contribution in [0, 0.1) is 41.5 Å². The van der Waals surface area contributed by atoms with Gasteiger partial charge in [0.25, 0.3) is 0 Å². The molecular weight excluding hydrogens is 474 g/mol. The smallest absolute Gasteiger partial charge is 0.198 e. The number of anilines is 3. The first-order chi connectivity index (χ1) is 17.8. The van der Waals surface area contributed by atoms with E-state index in [1.165, 1.54) is 44.0 Å². The Morgan fingerprint density at radius 2 is 1.24 bits per heavy atom. The second kappa shape index (κ2) is 9.94. The molecule has 0 saturated heterocycles. The van der Waals surface area contributed by atoms with Crippen LogP contribution >= 0.6 is 11.8 Å². The minimum Gasteiger partial charge on any atom is -0.310 e. The Morgan fingerprint density at radius 3 is 1.84 bits per heavy atom. The summed E-state index contributed by atoms with van der Waals surface area (Å²) in [7, 11) is 0. The van der Waals surface area contributed by atoms with E-state index >= 15 is 0 Å². The van der Waals surface area contributed by atoms with Crippen LogP contribution in [0.1, 0.15) is 33.4 Å². The summed E-state index contributed by atoms with van der Waals surface area (Å²) < 4.78 is 0. The van der Waals surface area contributed by atoms with E-state index in [1.54, 1.807) is 24.2 Å². The first kappa shape index (κ1) is 24.9. The molecule has 3 aromatic carbocycles. The minimum absolute atomic E-state index is 0.557. The summed E-state index contributed by atoms with van der Waals surface area (Å²) in [6, 6.07) is 15.6. The van der Waals surface area contributed by atoms with Gasteiger partial charge >= 0.3 is 0 Å². The molecule has 0 N–H and O–H groups in total. The molecule has 2 aromatic heterocycles. The molecule has 0 saturated carbocycles. The first-order valence-corrected chi connectivity index (χ1v) is 13.6. The third-order valence-electron chi connectivity index (χ3n) is 7.06. The van der Waals surface area contributed by atoms with Gasteiger partial charge in [-0.25, -0.2) is 19.9 Å². The molecular formula is C31H31N5S. The van der Waals surface area contributed by atoms with Crippen LogP contribution in [0.2, 0.25) is 0 Å². The molecule has 186 valence electrons. The zero-order chi connectivity index (χ0) is 26.3. The Kier molecular flexibility index (Phi) is 6.69. The zero-order valence-corrected chi connectivity index (χ0v) is 23.2. The second-order valence-corrected chi connectivity index (χ2v) is 10.4. The van der Waals surface area contributed by atoms with Crippen LogP contribution in [0.5, 0.6) is 0 Å². The maximum Gasteiger partial charge on any atom is 0.198 e. The van der Waals surface area contributed by atoms with Gasteiger partial charge in [0.2, 0.25) is 0 Å². The van der Waals surface area contributed by atoms with Crippen LogP contribution in [0.4, 0.5) is 17.1 Å². The third kappa shape index (κ3) is 4.58. The van der Waals surface area contributed by atoms with Crippen molar-refractivity contribution >= 4 is 40.1 Å². The molecule has 0 spiro atoms. The van der Waals surface area contributed by atoms with Gasteiger partial charge < -0.3 is 4.90 Å². The summed E-state index contributed by atoms with van der Waals surface area (Å²) in [5.41, 5.74) is 13.8. The highest BCUT2D eigenvalue weighted by Crippen LogP contribution is 2.44. The summed E-state index contributed by atoms with van der Waals surface area (Å²) >= 11 is 1.76. The molecule has 0 unspecified atom stereocenters. The van der Waals surface area contributed by atoms with E-state index in [9.17, 15) is 0 Å². The number of hydrogen-bond donors (Lipinski definition) is 0. The lowest BCUT2D eigenvalue weighted by Crippen LogP contribution is -2.15. The highest BCUT2D eigenvalue weighted by molar-refractivity contribution is 7.98. The van der Waals surface area contributed by atoms with Gasteiger partial charge in [0.1, 0.15) is 0 Å². The summed E-state index contributed by atoms with van der Waals surface area (Å²) in [4.78, 5) is 21.7. The van der Waals surface area contributed by atoms with Crippen molar-refractivity contribution in [2.75, 3.05) is 11.2 Å². The van der Waals surface area contributed by atoms with Crippen molar-refractivity contribution in [1.82, 2.24) is 19.9 Å². The van der Waals surface area contributed by atoms with Crippen molar-refractivity contribution in [2.45, 2.75) is 46.4 Å². The van der Waals surface area contributed by atoms with E-state index in [4.69, 9.17) is 4.98 Å². The molecule has 6 heteroatoms. The first-order valence-electron chi connectivity index (χ1n) is 12.4. The van der Waals surface area contributed by atoms with Crippen molar-refractivity contribution in [2.24, 2.45) is 0 Å². The fourth-order valence-corrected chi connectivity index (χ4v) is 5.52. The normalized spacial score (nSPS) is 11.2. The molecule has 0 radical (unpaired) electrons. The lowest BCUT2D eigenvalue weighted by atomic mass is 9.89. The molecule has 0 bridgehead atoms. The largest absolute Gasteiger partial charge is 0.310 e. The molecule has 0 amide bonds. The van der Waals surface area contributed by atoms with Crippen LogP contribution < -0.4 is 4.90 Å². The zero-order valence-electron chi connectivity index (χ0n) is 22.4. The van der Waals surface area contributed by atoms with Gasteiger partial charge in [0.15, 0.2) is 11.3 Å². The van der Waals surface area contributed by atoms with E-state index in [-0.39, 0.29) is 0 Å². The number of aromatic nitrogens is 4. The molecule has 0 atom stereocenters. The van der Waals surface area contributed by atoms with Crippen molar-refractivity contribution < 1.29 is 0 Å². The molecule has 0 fully saturated rings. The fourth-order valence-electron chi connectivity index (χ4n) is 5.11. The lowest BCUT2D eigenvalue weighted by molar-refractivity contribution is 1.13. The quantitative estimate of drug-likeness (QED) is 0.225. The number of benzene rings is 3. The third-order valence-corrected chi connectivity index (χ3v) is 7.80. The van der Waals surface area contributed by atoms with Crippen LogP contribution in [0.25, 0.3) is 22.6 Å². The van der Waals surface area contributed by atoms with E-state index in [1.807, 2.05) is 6.20 Å². The number of nitrogens with zero attached hydrogens (tertiary/aromatic N) is 5. The highest BCUT2D eigenvalue weighted by Gasteiger charge is 2.24. The maximum absolute atomic E-state index is 4.83. The molecule has 5 aromatic rings. The summed E-state index contributed by atoms with van der Waals surface area (Å²) in [6.45, 7) is 13.1. The van der Waals surface area contributed by atoms with Crippen LogP contribution in [0.3, 0.4) is 0 Å².